The number of likely N-dealkylation sites (N-methyl/N-ethyl adjacent to an activating group) is 1. The average molecular weight is 155 g/mol. The molecular weight excluding hydrogens is 138 g/mol. The van der Waals surface area contributed by atoms with Gasteiger partial charge in [-0.05, 0) is 45.2 Å². The van der Waals surface area contributed by atoms with Crippen LogP contribution in [0.15, 0.2) is 0 Å². The van der Waals surface area contributed by atoms with Gasteiger partial charge in [0.15, 0.2) is 0 Å². The summed E-state index contributed by atoms with van der Waals surface area (Å²) in [6, 6.07) is 0.475. The summed E-state index contributed by atoms with van der Waals surface area (Å²) in [6.45, 7) is 1.18. The van der Waals surface area contributed by atoms with E-state index in [4.69, 9.17) is 0 Å². The maximum absolute atomic E-state index is 9.82. The summed E-state index contributed by atoms with van der Waals surface area (Å²) in [4.78, 5) is 2.31. The Morgan fingerprint density at radius 1 is 1.36 bits per heavy atom. The average Bonchev–Trinajstić information content (AvgIpc) is 2.74. The molecule has 1 N–H and O–H groups in total. The molecule has 11 heavy (non-hydrogen) atoms. The van der Waals surface area contributed by atoms with Crippen molar-refractivity contribution in [3.05, 3.63) is 0 Å². The Morgan fingerprint density at radius 2 is 2.09 bits per heavy atom. The van der Waals surface area contributed by atoms with Crippen molar-refractivity contribution in [2.24, 2.45) is 5.92 Å². The molecule has 0 aromatic carbocycles. The van der Waals surface area contributed by atoms with E-state index in [1.165, 1.54) is 32.2 Å². The molecule has 0 radical (unpaired) electrons. The normalized spacial score (nSPS) is 36.0. The van der Waals surface area contributed by atoms with E-state index in [-0.39, 0.29) is 6.10 Å². The van der Waals surface area contributed by atoms with Crippen LogP contribution in [0.4, 0.5) is 0 Å². The summed E-state index contributed by atoms with van der Waals surface area (Å²) >= 11 is 0. The first-order valence-corrected chi connectivity index (χ1v) is 4.67. The van der Waals surface area contributed by atoms with Crippen LogP contribution in [0, 0.1) is 5.92 Å². The maximum Gasteiger partial charge on any atom is 0.0723 e. The van der Waals surface area contributed by atoms with Crippen LogP contribution in [0.3, 0.4) is 0 Å². The number of likely N-dealkylation sites (tertiary alicyclic amines) is 1. The van der Waals surface area contributed by atoms with E-state index in [9.17, 15) is 5.11 Å². The van der Waals surface area contributed by atoms with E-state index in [2.05, 4.69) is 11.9 Å². The molecule has 2 unspecified atom stereocenters. The van der Waals surface area contributed by atoms with Crippen LogP contribution in [0.1, 0.15) is 25.7 Å². The molecule has 1 aliphatic carbocycles. The predicted molar refractivity (Wildman–Crippen MR) is 44.4 cm³/mol. The molecule has 2 heteroatoms. The highest BCUT2D eigenvalue weighted by Crippen LogP contribution is 2.37. The van der Waals surface area contributed by atoms with Crippen LogP contribution in [0.2, 0.25) is 0 Å². The lowest BCUT2D eigenvalue weighted by Crippen LogP contribution is -2.37. The Labute approximate surface area is 68.2 Å². The van der Waals surface area contributed by atoms with Crippen LogP contribution in [0.25, 0.3) is 0 Å². The third kappa shape index (κ3) is 1.42. The summed E-state index contributed by atoms with van der Waals surface area (Å²) in [6.07, 6.45) is 4.96. The number of aliphatic hydroxyl groups excluding tert-OH is 1. The lowest BCUT2D eigenvalue weighted by Gasteiger charge is -2.24. The van der Waals surface area contributed by atoms with Gasteiger partial charge in [0, 0.05) is 6.04 Å². The highest BCUT2D eigenvalue weighted by atomic mass is 16.3. The molecule has 0 spiro atoms. The second-order valence-corrected chi connectivity index (χ2v) is 4.02. The van der Waals surface area contributed by atoms with E-state index in [0.29, 0.717) is 12.0 Å². The maximum atomic E-state index is 9.82. The lowest BCUT2D eigenvalue weighted by atomic mass is 10.0. The molecule has 2 aliphatic rings. The lowest BCUT2D eigenvalue weighted by molar-refractivity contribution is 0.0679. The van der Waals surface area contributed by atoms with Gasteiger partial charge in [-0.3, -0.25) is 0 Å². The fraction of sp³-hybridized carbons (Fsp3) is 1.00. The van der Waals surface area contributed by atoms with Crippen LogP contribution in [-0.2, 0) is 0 Å². The van der Waals surface area contributed by atoms with Crippen molar-refractivity contribution in [1.82, 2.24) is 4.90 Å². The van der Waals surface area contributed by atoms with E-state index >= 15 is 0 Å². The van der Waals surface area contributed by atoms with Crippen LogP contribution < -0.4 is 0 Å². The van der Waals surface area contributed by atoms with E-state index in [0.717, 1.165) is 0 Å². The third-order valence-electron chi connectivity index (χ3n) is 3.08. The molecule has 1 aliphatic heterocycles. The van der Waals surface area contributed by atoms with Gasteiger partial charge in [-0.1, -0.05) is 0 Å². The fourth-order valence-electron chi connectivity index (χ4n) is 2.12. The van der Waals surface area contributed by atoms with Crippen molar-refractivity contribution in [2.45, 2.75) is 37.8 Å². The van der Waals surface area contributed by atoms with E-state index in [1.807, 2.05) is 0 Å². The zero-order valence-electron chi connectivity index (χ0n) is 7.16. The van der Waals surface area contributed by atoms with Gasteiger partial charge in [0.1, 0.15) is 0 Å². The second kappa shape index (κ2) is 2.76. The largest absolute Gasteiger partial charge is 0.391 e. The van der Waals surface area contributed by atoms with Gasteiger partial charge in [-0.2, -0.15) is 0 Å². The standard InChI is InChI=1S/C9H17NO/c1-10-6-2-3-8(10)9(11)7-4-5-7/h7-9,11H,2-6H2,1H3. The first-order chi connectivity index (χ1) is 5.29. The van der Waals surface area contributed by atoms with E-state index in [1.54, 1.807) is 0 Å². The Bertz CT molecular complexity index is 144. The van der Waals surface area contributed by atoms with Crippen molar-refractivity contribution in [2.75, 3.05) is 13.6 Å². The predicted octanol–water partition coefficient (Wildman–Crippen LogP) is 0.851. The molecule has 0 aromatic heterocycles. The number of rotatable bonds is 2. The second-order valence-electron chi connectivity index (χ2n) is 4.02. The number of aliphatic hydroxyl groups is 1. The molecule has 2 nitrogen and oxygen atoms in total. The highest BCUT2D eigenvalue weighted by Gasteiger charge is 2.38. The Kier molecular flexibility index (Phi) is 1.90. The molecule has 0 bridgehead atoms. The quantitative estimate of drug-likeness (QED) is 0.639. The Morgan fingerprint density at radius 3 is 2.55 bits per heavy atom. The summed E-state index contributed by atoms with van der Waals surface area (Å²) in [5.41, 5.74) is 0. The molecule has 0 aromatic rings. The third-order valence-corrected chi connectivity index (χ3v) is 3.08. The fourth-order valence-corrected chi connectivity index (χ4v) is 2.12. The molecule has 2 atom stereocenters. The van der Waals surface area contributed by atoms with Gasteiger partial charge in [-0.15, -0.1) is 0 Å². The number of hydrogen-bond donors (Lipinski definition) is 1. The van der Waals surface area contributed by atoms with E-state index < -0.39 is 0 Å². The van der Waals surface area contributed by atoms with Crippen molar-refractivity contribution < 1.29 is 5.11 Å². The summed E-state index contributed by atoms with van der Waals surface area (Å²) < 4.78 is 0. The zero-order chi connectivity index (χ0) is 7.84. The van der Waals surface area contributed by atoms with Crippen LogP contribution in [-0.4, -0.2) is 35.7 Å². The smallest absolute Gasteiger partial charge is 0.0723 e. The van der Waals surface area contributed by atoms with Crippen molar-refractivity contribution in [1.29, 1.82) is 0 Å². The molecule has 1 saturated heterocycles. The van der Waals surface area contributed by atoms with Crippen molar-refractivity contribution >= 4 is 0 Å². The SMILES string of the molecule is CN1CCCC1C(O)C1CC1. The molecule has 0 amide bonds. The van der Waals surface area contributed by atoms with Gasteiger partial charge >= 0.3 is 0 Å². The zero-order valence-corrected chi connectivity index (χ0v) is 7.16. The summed E-state index contributed by atoms with van der Waals surface area (Å²) in [7, 11) is 2.13. The molecule has 2 fully saturated rings. The monoisotopic (exact) mass is 155 g/mol. The molecule has 1 saturated carbocycles. The van der Waals surface area contributed by atoms with Crippen molar-refractivity contribution in [3.63, 3.8) is 0 Å². The number of nitrogens with zero attached hydrogens (tertiary/aromatic N) is 1. The molecule has 64 valence electrons. The molecular formula is C9H17NO. The van der Waals surface area contributed by atoms with Crippen molar-refractivity contribution in [3.8, 4) is 0 Å². The van der Waals surface area contributed by atoms with Gasteiger partial charge in [0.2, 0.25) is 0 Å². The Balaban J connectivity index is 1.91. The minimum absolute atomic E-state index is 0.0255. The van der Waals surface area contributed by atoms with Gasteiger partial charge in [-0.25, -0.2) is 0 Å². The van der Waals surface area contributed by atoms with Crippen LogP contribution in [0.5, 0.6) is 0 Å². The van der Waals surface area contributed by atoms with Crippen LogP contribution >= 0.6 is 0 Å². The topological polar surface area (TPSA) is 23.5 Å². The van der Waals surface area contributed by atoms with Gasteiger partial charge in [0.05, 0.1) is 6.10 Å². The van der Waals surface area contributed by atoms with Gasteiger partial charge < -0.3 is 10.0 Å². The summed E-state index contributed by atoms with van der Waals surface area (Å²) in [5, 5.41) is 9.82. The first-order valence-electron chi connectivity index (χ1n) is 4.67. The minimum atomic E-state index is -0.0255. The van der Waals surface area contributed by atoms with Gasteiger partial charge in [0.25, 0.3) is 0 Å². The number of hydrogen-bond acceptors (Lipinski definition) is 2. The molecule has 2 rings (SSSR count). The molecule has 1 heterocycles. The highest BCUT2D eigenvalue weighted by molar-refractivity contribution is 4.92. The minimum Gasteiger partial charge on any atom is -0.391 e. The Hall–Kier alpha value is -0.0800. The summed E-state index contributed by atoms with van der Waals surface area (Å²) in [5.74, 6) is 0.639. The first kappa shape index (κ1) is 7.56.